The first-order valence-corrected chi connectivity index (χ1v) is 10.2. The van der Waals surface area contributed by atoms with Gasteiger partial charge in [0.05, 0.1) is 11.5 Å². The number of hydrogen-bond acceptors (Lipinski definition) is 6. The highest BCUT2D eigenvalue weighted by Crippen LogP contribution is 2.40. The monoisotopic (exact) mass is 405 g/mol. The van der Waals surface area contributed by atoms with Gasteiger partial charge in [0.2, 0.25) is 0 Å². The molecule has 0 bridgehead atoms. The van der Waals surface area contributed by atoms with E-state index in [-0.39, 0.29) is 30.9 Å². The summed E-state index contributed by atoms with van der Waals surface area (Å²) in [6, 6.07) is 3.86. The molecule has 2 aromatic heterocycles. The minimum absolute atomic E-state index is 0.0413. The lowest BCUT2D eigenvalue weighted by Crippen LogP contribution is -2.45. The molecule has 152 valence electrons. The Bertz CT molecular complexity index is 879. The number of likely N-dealkylation sites (N-methyl/N-ethyl adjacent to an activating group) is 1. The number of aliphatic hydroxyl groups excluding tert-OH is 1. The number of aromatic nitrogens is 1. The van der Waals surface area contributed by atoms with E-state index >= 15 is 0 Å². The number of hydrogen-bond donors (Lipinski definition) is 1. The van der Waals surface area contributed by atoms with Crippen molar-refractivity contribution in [3.8, 4) is 0 Å². The smallest absolute Gasteiger partial charge is 0.264 e. The zero-order chi connectivity index (χ0) is 20.5. The van der Waals surface area contributed by atoms with Crippen LogP contribution in [0.5, 0.6) is 0 Å². The van der Waals surface area contributed by atoms with Crippen molar-refractivity contribution in [1.29, 1.82) is 0 Å². The number of carbonyl (C=O) groups is 2. The molecule has 1 aliphatic heterocycles. The summed E-state index contributed by atoms with van der Waals surface area (Å²) in [5, 5.41) is 10.2. The van der Waals surface area contributed by atoms with Crippen LogP contribution in [0.25, 0.3) is 10.2 Å². The Hall–Kier alpha value is -2.03. The van der Waals surface area contributed by atoms with Crippen molar-refractivity contribution in [2.45, 2.75) is 31.8 Å². The van der Waals surface area contributed by atoms with E-state index in [0.717, 1.165) is 22.2 Å². The summed E-state index contributed by atoms with van der Waals surface area (Å²) in [6.45, 7) is 4.91. The number of nitrogens with zero attached hydrogens (tertiary/aromatic N) is 3. The van der Waals surface area contributed by atoms with Gasteiger partial charge < -0.3 is 19.6 Å². The molecule has 0 saturated carbocycles. The quantitative estimate of drug-likeness (QED) is 0.796. The van der Waals surface area contributed by atoms with Crippen LogP contribution in [0.3, 0.4) is 0 Å². The minimum Gasteiger partial charge on any atom is -0.395 e. The van der Waals surface area contributed by atoms with Crippen molar-refractivity contribution in [3.63, 3.8) is 0 Å². The molecule has 0 radical (unpaired) electrons. The molecule has 8 heteroatoms. The summed E-state index contributed by atoms with van der Waals surface area (Å²) in [6.07, 6.45) is 2.51. The van der Waals surface area contributed by atoms with Crippen molar-refractivity contribution in [3.05, 3.63) is 28.8 Å². The van der Waals surface area contributed by atoms with E-state index in [0.29, 0.717) is 18.0 Å². The number of fused-ring (bicyclic) bond motifs is 1. The molecular formula is C20H27N3O4S. The molecular weight excluding hydrogens is 378 g/mol. The van der Waals surface area contributed by atoms with Gasteiger partial charge in [0, 0.05) is 51.3 Å². The number of aliphatic hydroxyl groups is 1. The molecule has 7 nitrogen and oxygen atoms in total. The number of methoxy groups -OCH3 is 1. The SMILES string of the molecule is COC(C)(C)C(=O)N1CCC(c2c(C(=O)N(C)CCO)sc3ncccc23)C1. The zero-order valence-corrected chi connectivity index (χ0v) is 17.6. The maximum Gasteiger partial charge on any atom is 0.264 e. The third kappa shape index (κ3) is 3.76. The summed E-state index contributed by atoms with van der Waals surface area (Å²) >= 11 is 1.38. The lowest BCUT2D eigenvalue weighted by Gasteiger charge is -2.28. The highest BCUT2D eigenvalue weighted by atomic mass is 32.1. The van der Waals surface area contributed by atoms with E-state index in [1.165, 1.54) is 23.3 Å². The molecule has 1 unspecified atom stereocenters. The Morgan fingerprint density at radius 1 is 1.46 bits per heavy atom. The second-order valence-corrected chi connectivity index (χ2v) is 8.60. The van der Waals surface area contributed by atoms with Gasteiger partial charge in [0.1, 0.15) is 10.4 Å². The molecule has 3 heterocycles. The lowest BCUT2D eigenvalue weighted by molar-refractivity contribution is -0.149. The summed E-state index contributed by atoms with van der Waals surface area (Å²) < 4.78 is 5.34. The van der Waals surface area contributed by atoms with Crippen molar-refractivity contribution >= 4 is 33.4 Å². The van der Waals surface area contributed by atoms with Gasteiger partial charge in [-0.05, 0) is 31.9 Å². The van der Waals surface area contributed by atoms with Crippen molar-refractivity contribution in [2.24, 2.45) is 0 Å². The topological polar surface area (TPSA) is 83.0 Å². The van der Waals surface area contributed by atoms with Gasteiger partial charge in [-0.15, -0.1) is 11.3 Å². The highest BCUT2D eigenvalue weighted by Gasteiger charge is 2.38. The van der Waals surface area contributed by atoms with Gasteiger partial charge in [0.15, 0.2) is 0 Å². The van der Waals surface area contributed by atoms with Gasteiger partial charge in [0.25, 0.3) is 11.8 Å². The second kappa shape index (κ2) is 8.14. The Balaban J connectivity index is 1.95. The fourth-order valence-electron chi connectivity index (χ4n) is 3.59. The van der Waals surface area contributed by atoms with Crippen LogP contribution in [-0.4, -0.2) is 77.7 Å². The van der Waals surface area contributed by atoms with Crippen molar-refractivity contribution in [1.82, 2.24) is 14.8 Å². The van der Waals surface area contributed by atoms with E-state index in [2.05, 4.69) is 4.98 Å². The van der Waals surface area contributed by atoms with Crippen LogP contribution in [0.2, 0.25) is 0 Å². The van der Waals surface area contributed by atoms with Gasteiger partial charge in [-0.1, -0.05) is 6.07 Å². The average molecular weight is 406 g/mol. The predicted molar refractivity (Wildman–Crippen MR) is 109 cm³/mol. The third-order valence-corrected chi connectivity index (χ3v) is 6.51. The highest BCUT2D eigenvalue weighted by molar-refractivity contribution is 7.20. The molecule has 2 amide bonds. The van der Waals surface area contributed by atoms with E-state index in [9.17, 15) is 14.7 Å². The third-order valence-electron chi connectivity index (χ3n) is 5.39. The molecule has 28 heavy (non-hydrogen) atoms. The number of carbonyl (C=O) groups excluding carboxylic acids is 2. The molecule has 3 rings (SSSR count). The molecule has 1 saturated heterocycles. The van der Waals surface area contributed by atoms with Crippen molar-refractivity contribution < 1.29 is 19.4 Å². The van der Waals surface area contributed by atoms with Crippen LogP contribution in [0.1, 0.15) is 41.4 Å². The first-order valence-electron chi connectivity index (χ1n) is 9.38. The van der Waals surface area contributed by atoms with E-state index in [1.807, 2.05) is 17.0 Å². The normalized spacial score (nSPS) is 17.3. The Kier molecular flexibility index (Phi) is 6.02. The van der Waals surface area contributed by atoms with Crippen LogP contribution in [0.4, 0.5) is 0 Å². The van der Waals surface area contributed by atoms with E-state index in [4.69, 9.17) is 4.74 Å². The fraction of sp³-hybridized carbons (Fsp3) is 0.550. The summed E-state index contributed by atoms with van der Waals surface area (Å²) in [5.74, 6) is -0.0921. The van der Waals surface area contributed by atoms with Gasteiger partial charge in [-0.25, -0.2) is 4.98 Å². The maximum atomic E-state index is 13.0. The number of rotatable bonds is 6. The summed E-state index contributed by atoms with van der Waals surface area (Å²) in [5.41, 5.74) is 0.0982. The van der Waals surface area contributed by atoms with Crippen LogP contribution in [-0.2, 0) is 9.53 Å². The predicted octanol–water partition coefficient (Wildman–Crippen LogP) is 2.10. The first kappa shape index (κ1) is 20.7. The zero-order valence-electron chi connectivity index (χ0n) is 16.8. The van der Waals surface area contributed by atoms with Gasteiger partial charge in [-0.3, -0.25) is 9.59 Å². The molecule has 1 N–H and O–H groups in total. The molecule has 1 aliphatic rings. The van der Waals surface area contributed by atoms with Crippen LogP contribution in [0, 0.1) is 0 Å². The van der Waals surface area contributed by atoms with Crippen LogP contribution < -0.4 is 0 Å². The van der Waals surface area contributed by atoms with E-state index < -0.39 is 5.60 Å². The van der Waals surface area contributed by atoms with Gasteiger partial charge in [-0.2, -0.15) is 0 Å². The Morgan fingerprint density at radius 2 is 2.21 bits per heavy atom. The largest absolute Gasteiger partial charge is 0.395 e. The van der Waals surface area contributed by atoms with Crippen LogP contribution in [0.15, 0.2) is 18.3 Å². The van der Waals surface area contributed by atoms with Gasteiger partial charge >= 0.3 is 0 Å². The number of likely N-dealkylation sites (tertiary alicyclic amines) is 1. The first-order chi connectivity index (χ1) is 13.3. The standard InChI is InChI=1S/C20H27N3O4S/c1-20(2,27-4)19(26)23-9-7-13(12-23)15-14-6-5-8-21-17(14)28-16(15)18(25)22(3)10-11-24/h5-6,8,13,24H,7,9-12H2,1-4H3. The van der Waals surface area contributed by atoms with E-state index in [1.54, 1.807) is 27.1 Å². The molecule has 2 aromatic rings. The number of pyridine rings is 1. The Labute approximate surface area is 168 Å². The lowest BCUT2D eigenvalue weighted by atomic mass is 9.95. The number of ether oxygens (including phenoxy) is 1. The fourth-order valence-corrected chi connectivity index (χ4v) is 4.81. The molecule has 0 spiro atoms. The molecule has 1 fully saturated rings. The average Bonchev–Trinajstić information content (AvgIpc) is 3.31. The number of thiophene rings is 1. The maximum absolute atomic E-state index is 13.0. The number of amides is 2. The molecule has 0 aromatic carbocycles. The van der Waals surface area contributed by atoms with Crippen molar-refractivity contribution in [2.75, 3.05) is 40.4 Å². The summed E-state index contributed by atoms with van der Waals surface area (Å²) in [7, 11) is 3.23. The minimum atomic E-state index is -0.868. The van der Waals surface area contributed by atoms with Crippen LogP contribution >= 0.6 is 11.3 Å². The molecule has 1 atom stereocenters. The molecule has 0 aliphatic carbocycles. The summed E-state index contributed by atoms with van der Waals surface area (Å²) in [4.78, 5) is 35.0. The Morgan fingerprint density at radius 3 is 2.89 bits per heavy atom. The second-order valence-electron chi connectivity index (χ2n) is 7.60.